The zero-order valence-electron chi connectivity index (χ0n) is 14.0. The van der Waals surface area contributed by atoms with E-state index in [4.69, 9.17) is 4.74 Å². The van der Waals surface area contributed by atoms with Gasteiger partial charge in [-0.15, -0.1) is 0 Å². The fourth-order valence-corrected chi connectivity index (χ4v) is 2.02. The Morgan fingerprint density at radius 2 is 1.64 bits per heavy atom. The second-order valence-electron chi connectivity index (χ2n) is 6.10. The molecule has 0 bridgehead atoms. The summed E-state index contributed by atoms with van der Waals surface area (Å²) in [6.07, 6.45) is 0. The van der Waals surface area contributed by atoms with Crippen LogP contribution < -0.4 is 0 Å². The van der Waals surface area contributed by atoms with Crippen LogP contribution in [0.1, 0.15) is 60.9 Å². The molecule has 0 fully saturated rings. The molecule has 0 unspecified atom stereocenters. The molecule has 0 atom stereocenters. The van der Waals surface area contributed by atoms with Crippen LogP contribution in [0, 0.1) is 0 Å². The van der Waals surface area contributed by atoms with Crippen LogP contribution in [0.3, 0.4) is 0 Å². The largest absolute Gasteiger partial charge is 0.478 e. The van der Waals surface area contributed by atoms with Crippen LogP contribution in [-0.4, -0.2) is 40.6 Å². The highest BCUT2D eigenvalue weighted by Crippen LogP contribution is 2.17. The number of aromatic carboxylic acids is 1. The standard InChI is InChI=1S/C17H25NO4/c1-6-18(7-2)15(19)13-8-12(11-22-17(3,4)5)9-14(10-13)16(20)21/h8-10H,6-7,11H2,1-5H3,(H,20,21). The van der Waals surface area contributed by atoms with E-state index in [0.29, 0.717) is 24.2 Å². The molecule has 122 valence electrons. The third kappa shape index (κ3) is 5.15. The van der Waals surface area contributed by atoms with Crippen molar-refractivity contribution in [2.24, 2.45) is 0 Å². The maximum Gasteiger partial charge on any atom is 0.335 e. The quantitative estimate of drug-likeness (QED) is 0.876. The molecule has 1 aromatic rings. The molecule has 0 radical (unpaired) electrons. The molecule has 0 aliphatic rings. The third-order valence-electron chi connectivity index (χ3n) is 3.21. The summed E-state index contributed by atoms with van der Waals surface area (Å²) in [5.41, 5.74) is 0.842. The van der Waals surface area contributed by atoms with Gasteiger partial charge in [0.2, 0.25) is 0 Å². The summed E-state index contributed by atoms with van der Waals surface area (Å²) in [6.45, 7) is 11.0. The van der Waals surface area contributed by atoms with Crippen LogP contribution in [0.4, 0.5) is 0 Å². The summed E-state index contributed by atoms with van der Waals surface area (Å²) in [7, 11) is 0. The number of carbonyl (C=O) groups excluding carboxylic acids is 1. The first kappa shape index (κ1) is 18.2. The summed E-state index contributed by atoms with van der Waals surface area (Å²) >= 11 is 0. The van der Waals surface area contributed by atoms with Gasteiger partial charge in [0, 0.05) is 18.7 Å². The number of amides is 1. The Bertz CT molecular complexity index is 542. The summed E-state index contributed by atoms with van der Waals surface area (Å²) in [5.74, 6) is -1.21. The summed E-state index contributed by atoms with van der Waals surface area (Å²) in [6, 6.07) is 4.68. The lowest BCUT2D eigenvalue weighted by atomic mass is 10.0. The average Bonchev–Trinajstić information content (AvgIpc) is 2.45. The van der Waals surface area contributed by atoms with Crippen molar-refractivity contribution in [1.29, 1.82) is 0 Å². The van der Waals surface area contributed by atoms with Gasteiger partial charge in [-0.2, -0.15) is 0 Å². The van der Waals surface area contributed by atoms with E-state index in [1.165, 1.54) is 6.07 Å². The fraction of sp³-hybridized carbons (Fsp3) is 0.529. The highest BCUT2D eigenvalue weighted by atomic mass is 16.5. The average molecular weight is 307 g/mol. The number of carbonyl (C=O) groups is 2. The van der Waals surface area contributed by atoms with E-state index in [1.807, 2.05) is 34.6 Å². The van der Waals surface area contributed by atoms with Gasteiger partial charge >= 0.3 is 5.97 Å². The Balaban J connectivity index is 3.14. The molecule has 0 heterocycles. The van der Waals surface area contributed by atoms with E-state index < -0.39 is 5.97 Å². The molecule has 1 rings (SSSR count). The van der Waals surface area contributed by atoms with Gasteiger partial charge < -0.3 is 14.7 Å². The predicted molar refractivity (Wildman–Crippen MR) is 85.2 cm³/mol. The lowest BCUT2D eigenvalue weighted by molar-refractivity contribution is -0.0149. The lowest BCUT2D eigenvalue weighted by Gasteiger charge is -2.21. The van der Waals surface area contributed by atoms with Crippen molar-refractivity contribution in [2.45, 2.75) is 46.8 Å². The lowest BCUT2D eigenvalue weighted by Crippen LogP contribution is -2.30. The molecule has 0 saturated heterocycles. The number of carboxylic acid groups (broad SMARTS) is 1. The Kier molecular flexibility index (Phi) is 6.11. The molecular formula is C17H25NO4. The van der Waals surface area contributed by atoms with Gasteiger partial charge in [-0.3, -0.25) is 4.79 Å². The molecule has 0 aliphatic carbocycles. The van der Waals surface area contributed by atoms with E-state index >= 15 is 0 Å². The van der Waals surface area contributed by atoms with Crippen molar-refractivity contribution >= 4 is 11.9 Å². The molecule has 0 spiro atoms. The van der Waals surface area contributed by atoms with Gasteiger partial charge in [0.1, 0.15) is 0 Å². The molecule has 1 aromatic carbocycles. The van der Waals surface area contributed by atoms with Gasteiger partial charge in [0.15, 0.2) is 0 Å². The van der Waals surface area contributed by atoms with E-state index in [1.54, 1.807) is 17.0 Å². The molecule has 1 amide bonds. The van der Waals surface area contributed by atoms with E-state index in [2.05, 4.69) is 0 Å². The van der Waals surface area contributed by atoms with Crippen molar-refractivity contribution in [3.63, 3.8) is 0 Å². The second-order valence-corrected chi connectivity index (χ2v) is 6.10. The first-order chi connectivity index (χ1) is 10.2. The number of benzene rings is 1. The Labute approximate surface area is 131 Å². The number of rotatable bonds is 6. The SMILES string of the molecule is CCN(CC)C(=O)c1cc(COC(C)(C)C)cc(C(=O)O)c1. The first-order valence-corrected chi connectivity index (χ1v) is 7.48. The van der Waals surface area contributed by atoms with E-state index in [9.17, 15) is 14.7 Å². The molecule has 0 aliphatic heterocycles. The van der Waals surface area contributed by atoms with Crippen molar-refractivity contribution in [1.82, 2.24) is 4.90 Å². The normalized spacial score (nSPS) is 11.3. The van der Waals surface area contributed by atoms with Crippen molar-refractivity contribution in [3.8, 4) is 0 Å². The van der Waals surface area contributed by atoms with Gasteiger partial charge in [0.05, 0.1) is 17.8 Å². The van der Waals surface area contributed by atoms with Crippen LogP contribution in [0.5, 0.6) is 0 Å². The molecular weight excluding hydrogens is 282 g/mol. The first-order valence-electron chi connectivity index (χ1n) is 7.48. The molecule has 22 heavy (non-hydrogen) atoms. The number of carboxylic acids is 1. The molecule has 5 nitrogen and oxygen atoms in total. The van der Waals surface area contributed by atoms with Crippen LogP contribution in [0.2, 0.25) is 0 Å². The van der Waals surface area contributed by atoms with Crippen LogP contribution in [0.25, 0.3) is 0 Å². The van der Waals surface area contributed by atoms with Crippen LogP contribution in [0.15, 0.2) is 18.2 Å². The maximum atomic E-state index is 12.4. The Hall–Kier alpha value is -1.88. The number of ether oxygens (including phenoxy) is 1. The van der Waals surface area contributed by atoms with Crippen molar-refractivity contribution in [2.75, 3.05) is 13.1 Å². The molecule has 1 N–H and O–H groups in total. The fourth-order valence-electron chi connectivity index (χ4n) is 2.02. The predicted octanol–water partition coefficient (Wildman–Crippen LogP) is 3.18. The topological polar surface area (TPSA) is 66.8 Å². The van der Waals surface area contributed by atoms with Crippen LogP contribution in [-0.2, 0) is 11.3 Å². The highest BCUT2D eigenvalue weighted by Gasteiger charge is 2.17. The van der Waals surface area contributed by atoms with Gasteiger partial charge in [-0.05, 0) is 58.4 Å². The number of nitrogens with zero attached hydrogens (tertiary/aromatic N) is 1. The van der Waals surface area contributed by atoms with Gasteiger partial charge in [-0.1, -0.05) is 0 Å². The van der Waals surface area contributed by atoms with Gasteiger partial charge in [-0.25, -0.2) is 4.79 Å². The number of hydrogen-bond acceptors (Lipinski definition) is 3. The Morgan fingerprint density at radius 3 is 2.09 bits per heavy atom. The minimum Gasteiger partial charge on any atom is -0.478 e. The summed E-state index contributed by atoms with van der Waals surface area (Å²) in [4.78, 5) is 25.4. The minimum absolute atomic E-state index is 0.102. The van der Waals surface area contributed by atoms with Crippen molar-refractivity contribution in [3.05, 3.63) is 34.9 Å². The third-order valence-corrected chi connectivity index (χ3v) is 3.21. The summed E-state index contributed by atoms with van der Waals surface area (Å²) in [5, 5.41) is 9.23. The van der Waals surface area contributed by atoms with Crippen molar-refractivity contribution < 1.29 is 19.4 Å². The van der Waals surface area contributed by atoms with E-state index in [-0.39, 0.29) is 23.7 Å². The monoisotopic (exact) mass is 307 g/mol. The smallest absolute Gasteiger partial charge is 0.335 e. The highest BCUT2D eigenvalue weighted by molar-refractivity contribution is 5.97. The maximum absolute atomic E-state index is 12.4. The van der Waals surface area contributed by atoms with Gasteiger partial charge in [0.25, 0.3) is 5.91 Å². The zero-order valence-corrected chi connectivity index (χ0v) is 14.0. The minimum atomic E-state index is -1.05. The molecule has 0 saturated carbocycles. The molecule has 0 aromatic heterocycles. The number of hydrogen-bond donors (Lipinski definition) is 1. The second kappa shape index (κ2) is 7.40. The Morgan fingerprint density at radius 1 is 1.09 bits per heavy atom. The molecule has 5 heteroatoms. The van der Waals surface area contributed by atoms with Crippen LogP contribution >= 0.6 is 0 Å². The summed E-state index contributed by atoms with van der Waals surface area (Å²) < 4.78 is 5.68. The van der Waals surface area contributed by atoms with E-state index in [0.717, 1.165) is 0 Å². The zero-order chi connectivity index (χ0) is 16.9.